The van der Waals surface area contributed by atoms with Crippen molar-refractivity contribution in [3.05, 3.63) is 48.2 Å². The molecule has 0 radical (unpaired) electrons. The summed E-state index contributed by atoms with van der Waals surface area (Å²) in [5.74, 6) is -0.288. The van der Waals surface area contributed by atoms with Crippen LogP contribution in [0.1, 0.15) is 19.7 Å². The summed E-state index contributed by atoms with van der Waals surface area (Å²) in [6.07, 6.45) is 1.88. The van der Waals surface area contributed by atoms with Crippen LogP contribution in [0.25, 0.3) is 11.5 Å². The molecule has 0 spiro atoms. The Morgan fingerprint density at radius 2 is 2.11 bits per heavy atom. The second-order valence-corrected chi connectivity index (χ2v) is 7.31. The molecular weight excluding hydrogens is 375 g/mol. The molecule has 0 fully saturated rings. The Hall–Kier alpha value is -2.72. The van der Waals surface area contributed by atoms with Crippen LogP contribution in [0.4, 0.5) is 4.39 Å². The van der Waals surface area contributed by atoms with Crippen molar-refractivity contribution in [1.82, 2.24) is 19.4 Å². The molecule has 0 aliphatic rings. The molecule has 0 aliphatic carbocycles. The molecule has 144 valence electrons. The van der Waals surface area contributed by atoms with Crippen LogP contribution in [0.15, 0.2) is 45.9 Å². The zero-order valence-electron chi connectivity index (χ0n) is 14.8. The van der Waals surface area contributed by atoms with Gasteiger partial charge in [-0.3, -0.25) is 0 Å². The van der Waals surface area contributed by atoms with E-state index in [-0.39, 0.29) is 29.7 Å². The monoisotopic (exact) mass is 394 g/mol. The number of halogens is 1. The van der Waals surface area contributed by atoms with Crippen molar-refractivity contribution < 1.29 is 22.1 Å². The normalized spacial score (nSPS) is 11.7. The first kappa shape index (κ1) is 19.1. The number of ether oxygens (including phenoxy) is 1. The maximum absolute atomic E-state index is 13.9. The molecule has 10 heteroatoms. The van der Waals surface area contributed by atoms with E-state index in [0.29, 0.717) is 5.82 Å². The summed E-state index contributed by atoms with van der Waals surface area (Å²) in [7, 11) is -3.95. The molecule has 0 saturated carbocycles. The second-order valence-electron chi connectivity index (χ2n) is 5.54. The average Bonchev–Trinajstić information content (AvgIpc) is 3.30. The number of aryl methyl sites for hydroxylation is 1. The number of nitrogens with zero attached hydrogens (tertiary/aromatic N) is 3. The molecule has 3 aromatic rings. The molecule has 0 saturated heterocycles. The summed E-state index contributed by atoms with van der Waals surface area (Å²) in [5.41, 5.74) is 0.768. The van der Waals surface area contributed by atoms with E-state index < -0.39 is 15.8 Å². The van der Waals surface area contributed by atoms with Gasteiger partial charge in [0, 0.05) is 12.7 Å². The molecule has 2 heterocycles. The summed E-state index contributed by atoms with van der Waals surface area (Å²) in [6.45, 7) is 4.50. The minimum atomic E-state index is -3.95. The van der Waals surface area contributed by atoms with E-state index in [0.717, 1.165) is 18.3 Å². The number of aromatic nitrogens is 3. The SMILES string of the molecule is CCOc1ccc(S(=O)(=O)NCc2nc(-c3cccn3CC)no2)cc1F. The van der Waals surface area contributed by atoms with Crippen LogP contribution < -0.4 is 9.46 Å². The Morgan fingerprint density at radius 1 is 1.30 bits per heavy atom. The van der Waals surface area contributed by atoms with Crippen LogP contribution in [0.3, 0.4) is 0 Å². The van der Waals surface area contributed by atoms with Gasteiger partial charge in [0.1, 0.15) is 0 Å². The molecular formula is C17H19FN4O4S. The van der Waals surface area contributed by atoms with Gasteiger partial charge >= 0.3 is 0 Å². The number of hydrogen-bond donors (Lipinski definition) is 1. The molecule has 2 aromatic heterocycles. The maximum atomic E-state index is 13.9. The molecule has 0 aliphatic heterocycles. The molecule has 0 unspecified atom stereocenters. The van der Waals surface area contributed by atoms with Gasteiger partial charge in [-0.15, -0.1) is 0 Å². The van der Waals surface area contributed by atoms with E-state index in [2.05, 4.69) is 14.9 Å². The van der Waals surface area contributed by atoms with E-state index >= 15 is 0 Å². The molecule has 27 heavy (non-hydrogen) atoms. The van der Waals surface area contributed by atoms with Crippen LogP contribution in [-0.2, 0) is 23.1 Å². The lowest BCUT2D eigenvalue weighted by molar-refractivity contribution is 0.321. The van der Waals surface area contributed by atoms with Gasteiger partial charge < -0.3 is 13.8 Å². The highest BCUT2D eigenvalue weighted by atomic mass is 32.2. The minimum Gasteiger partial charge on any atom is -0.491 e. The molecule has 0 amide bonds. The fourth-order valence-corrected chi connectivity index (χ4v) is 3.47. The van der Waals surface area contributed by atoms with Crippen molar-refractivity contribution in [2.45, 2.75) is 31.8 Å². The zero-order chi connectivity index (χ0) is 19.4. The van der Waals surface area contributed by atoms with Crippen LogP contribution in [0.5, 0.6) is 5.75 Å². The van der Waals surface area contributed by atoms with Crippen molar-refractivity contribution >= 4 is 10.0 Å². The second kappa shape index (κ2) is 7.89. The highest BCUT2D eigenvalue weighted by molar-refractivity contribution is 7.89. The van der Waals surface area contributed by atoms with Crippen molar-refractivity contribution in [3.8, 4) is 17.3 Å². The fraction of sp³-hybridized carbons (Fsp3) is 0.294. The number of nitrogens with one attached hydrogen (secondary N) is 1. The molecule has 8 nitrogen and oxygen atoms in total. The number of benzene rings is 1. The molecule has 0 bridgehead atoms. The molecule has 3 rings (SSSR count). The highest BCUT2D eigenvalue weighted by Gasteiger charge is 2.19. The maximum Gasteiger partial charge on any atom is 0.242 e. The first-order valence-electron chi connectivity index (χ1n) is 8.34. The Bertz CT molecular complexity index is 1030. The Balaban J connectivity index is 1.72. The molecule has 1 N–H and O–H groups in total. The standard InChI is InChI=1S/C17H19FN4O4S/c1-3-22-9-5-6-14(22)17-20-16(26-21-17)11-19-27(23,24)12-7-8-15(25-4-2)13(18)10-12/h5-10,19H,3-4,11H2,1-2H3. The molecule has 1 aromatic carbocycles. The van der Waals surface area contributed by atoms with E-state index in [1.54, 1.807) is 6.92 Å². The van der Waals surface area contributed by atoms with Gasteiger partial charge in [-0.2, -0.15) is 4.98 Å². The van der Waals surface area contributed by atoms with Gasteiger partial charge in [-0.25, -0.2) is 17.5 Å². The third kappa shape index (κ3) is 4.17. The number of hydrogen-bond acceptors (Lipinski definition) is 6. The topological polar surface area (TPSA) is 99.2 Å². The fourth-order valence-electron chi connectivity index (χ4n) is 2.48. The van der Waals surface area contributed by atoms with Gasteiger partial charge in [0.05, 0.1) is 23.7 Å². The van der Waals surface area contributed by atoms with Gasteiger partial charge in [0.2, 0.25) is 21.7 Å². The predicted octanol–water partition coefficient (Wildman–Crippen LogP) is 2.57. The lowest BCUT2D eigenvalue weighted by Crippen LogP contribution is -2.23. The van der Waals surface area contributed by atoms with Gasteiger partial charge in [-0.1, -0.05) is 5.16 Å². The van der Waals surface area contributed by atoms with Crippen LogP contribution in [0, 0.1) is 5.82 Å². The van der Waals surface area contributed by atoms with Crippen molar-refractivity contribution in [2.24, 2.45) is 0 Å². The number of rotatable bonds is 8. The summed E-state index contributed by atoms with van der Waals surface area (Å²) in [4.78, 5) is 3.98. The summed E-state index contributed by atoms with van der Waals surface area (Å²) in [6, 6.07) is 7.14. The smallest absolute Gasteiger partial charge is 0.242 e. The zero-order valence-corrected chi connectivity index (χ0v) is 15.7. The first-order valence-corrected chi connectivity index (χ1v) is 9.83. The quantitative estimate of drug-likeness (QED) is 0.630. The first-order chi connectivity index (χ1) is 12.9. The lowest BCUT2D eigenvalue weighted by atomic mass is 10.3. The van der Waals surface area contributed by atoms with E-state index in [9.17, 15) is 12.8 Å². The van der Waals surface area contributed by atoms with Crippen molar-refractivity contribution in [1.29, 1.82) is 0 Å². The lowest BCUT2D eigenvalue weighted by Gasteiger charge is -2.08. The van der Waals surface area contributed by atoms with Crippen molar-refractivity contribution in [3.63, 3.8) is 0 Å². The summed E-state index contributed by atoms with van der Waals surface area (Å²) >= 11 is 0. The van der Waals surface area contributed by atoms with E-state index in [1.165, 1.54) is 12.1 Å². The van der Waals surface area contributed by atoms with Crippen LogP contribution >= 0.6 is 0 Å². The van der Waals surface area contributed by atoms with Gasteiger partial charge in [0.15, 0.2) is 11.6 Å². The van der Waals surface area contributed by atoms with E-state index in [4.69, 9.17) is 9.26 Å². The third-order valence-electron chi connectivity index (χ3n) is 3.79. The summed E-state index contributed by atoms with van der Waals surface area (Å²) < 4.78 is 53.0. The van der Waals surface area contributed by atoms with Crippen LogP contribution in [0.2, 0.25) is 0 Å². The van der Waals surface area contributed by atoms with E-state index in [1.807, 2.05) is 29.8 Å². The summed E-state index contributed by atoms with van der Waals surface area (Å²) in [5, 5.41) is 3.87. The minimum absolute atomic E-state index is 0.00285. The molecule has 0 atom stereocenters. The highest BCUT2D eigenvalue weighted by Crippen LogP contribution is 2.21. The predicted molar refractivity (Wildman–Crippen MR) is 95.0 cm³/mol. The Kier molecular flexibility index (Phi) is 5.57. The Labute approximate surface area is 156 Å². The third-order valence-corrected chi connectivity index (χ3v) is 5.19. The van der Waals surface area contributed by atoms with Gasteiger partial charge in [-0.05, 0) is 44.2 Å². The average molecular weight is 394 g/mol. The Morgan fingerprint density at radius 3 is 2.81 bits per heavy atom. The number of sulfonamides is 1. The van der Waals surface area contributed by atoms with Gasteiger partial charge in [0.25, 0.3) is 0 Å². The largest absolute Gasteiger partial charge is 0.491 e. The van der Waals surface area contributed by atoms with Crippen LogP contribution in [-0.4, -0.2) is 29.7 Å². The van der Waals surface area contributed by atoms with Crippen molar-refractivity contribution in [2.75, 3.05) is 6.61 Å².